The molecule has 28 heavy (non-hydrogen) atoms. The van der Waals surface area contributed by atoms with Crippen LogP contribution in [-0.2, 0) is 11.2 Å². The number of aryl methyl sites for hydroxylation is 1. The molecule has 0 radical (unpaired) electrons. The summed E-state index contributed by atoms with van der Waals surface area (Å²) in [6.07, 6.45) is 1.84. The van der Waals surface area contributed by atoms with Gasteiger partial charge in [-0.2, -0.15) is 5.10 Å². The molecule has 1 heterocycles. The molecule has 0 aliphatic rings. The van der Waals surface area contributed by atoms with Crippen molar-refractivity contribution in [1.29, 1.82) is 0 Å². The fourth-order valence-electron chi connectivity index (χ4n) is 2.71. The van der Waals surface area contributed by atoms with E-state index in [1.54, 1.807) is 17.8 Å². The maximum absolute atomic E-state index is 12.7. The van der Waals surface area contributed by atoms with Crippen LogP contribution in [0.15, 0.2) is 60.8 Å². The number of nitrogens with zero attached hydrogens (tertiary/aromatic N) is 2. The van der Waals surface area contributed by atoms with Crippen LogP contribution >= 0.6 is 0 Å². The van der Waals surface area contributed by atoms with E-state index < -0.39 is 12.0 Å². The number of carbonyl (C=O) groups excluding carboxylic acids is 2. The maximum Gasteiger partial charge on any atom is 0.426 e. The first-order valence-corrected chi connectivity index (χ1v) is 9.09. The van der Waals surface area contributed by atoms with Crippen molar-refractivity contribution in [2.45, 2.75) is 20.3 Å². The predicted octanol–water partition coefficient (Wildman–Crippen LogP) is 3.49. The van der Waals surface area contributed by atoms with Crippen LogP contribution in [0.25, 0.3) is 16.9 Å². The summed E-state index contributed by atoms with van der Waals surface area (Å²) in [4.78, 5) is 24.1. The average Bonchev–Trinajstić information content (AvgIpc) is 3.18. The molecule has 144 valence electrons. The Bertz CT molecular complexity index is 950. The summed E-state index contributed by atoms with van der Waals surface area (Å²) in [5.74, 6) is -0.482. The molecule has 0 unspecified atom stereocenters. The summed E-state index contributed by atoms with van der Waals surface area (Å²) >= 11 is 0. The molecule has 0 atom stereocenters. The molecule has 0 aliphatic heterocycles. The number of hydrazine groups is 1. The Kier molecular flexibility index (Phi) is 6.06. The van der Waals surface area contributed by atoms with Crippen LogP contribution in [0.3, 0.4) is 0 Å². The Labute approximate surface area is 163 Å². The molecule has 2 N–H and O–H groups in total. The van der Waals surface area contributed by atoms with Gasteiger partial charge in [0.15, 0.2) is 0 Å². The van der Waals surface area contributed by atoms with E-state index in [-0.39, 0.29) is 6.61 Å². The second kappa shape index (κ2) is 8.85. The standard InChI is InChI=1S/C21H22N4O3/c1-3-15-10-12-16(13-11-15)19-18(20(26)22-23-21(27)28-4-2)14-25(24-19)17-8-6-5-7-9-17/h5-14H,3-4H2,1-2H3,(H,22,26)(H,23,27). The molecule has 0 bridgehead atoms. The zero-order valence-corrected chi connectivity index (χ0v) is 15.8. The van der Waals surface area contributed by atoms with E-state index in [1.807, 2.05) is 54.6 Å². The summed E-state index contributed by atoms with van der Waals surface area (Å²) in [6.45, 7) is 3.98. The minimum absolute atomic E-state index is 0.211. The Morgan fingerprint density at radius 2 is 1.71 bits per heavy atom. The fourth-order valence-corrected chi connectivity index (χ4v) is 2.71. The fraction of sp³-hybridized carbons (Fsp3) is 0.190. The lowest BCUT2D eigenvalue weighted by molar-refractivity contribution is 0.0913. The van der Waals surface area contributed by atoms with Gasteiger partial charge in [0.25, 0.3) is 5.91 Å². The minimum Gasteiger partial charge on any atom is -0.449 e. The lowest BCUT2D eigenvalue weighted by atomic mass is 10.0. The number of aromatic nitrogens is 2. The van der Waals surface area contributed by atoms with Crippen LogP contribution < -0.4 is 10.9 Å². The van der Waals surface area contributed by atoms with Crippen molar-refractivity contribution in [1.82, 2.24) is 20.6 Å². The molecule has 2 amide bonds. The first kappa shape index (κ1) is 19.2. The molecular formula is C21H22N4O3. The molecule has 0 fully saturated rings. The number of hydrogen-bond acceptors (Lipinski definition) is 4. The third-order valence-electron chi connectivity index (χ3n) is 4.17. The Morgan fingerprint density at radius 1 is 1.00 bits per heavy atom. The molecule has 7 nitrogen and oxygen atoms in total. The molecular weight excluding hydrogens is 356 g/mol. The summed E-state index contributed by atoms with van der Waals surface area (Å²) < 4.78 is 6.40. The Morgan fingerprint density at radius 3 is 2.36 bits per heavy atom. The molecule has 0 saturated heterocycles. The number of carbonyl (C=O) groups is 2. The van der Waals surface area contributed by atoms with E-state index in [2.05, 4.69) is 22.9 Å². The molecule has 2 aromatic carbocycles. The SMILES string of the molecule is CCOC(=O)NNC(=O)c1cn(-c2ccccc2)nc1-c1ccc(CC)cc1. The van der Waals surface area contributed by atoms with Gasteiger partial charge in [-0.1, -0.05) is 49.4 Å². The summed E-state index contributed by atoms with van der Waals surface area (Å²) in [5, 5.41) is 4.60. The van der Waals surface area contributed by atoms with Crippen LogP contribution in [-0.4, -0.2) is 28.4 Å². The first-order valence-electron chi connectivity index (χ1n) is 9.09. The third kappa shape index (κ3) is 4.37. The van der Waals surface area contributed by atoms with E-state index in [0.717, 1.165) is 17.7 Å². The van der Waals surface area contributed by atoms with Gasteiger partial charge < -0.3 is 4.74 Å². The normalized spacial score (nSPS) is 10.4. The zero-order chi connectivity index (χ0) is 19.9. The van der Waals surface area contributed by atoms with Gasteiger partial charge in [-0.15, -0.1) is 0 Å². The lowest BCUT2D eigenvalue weighted by Gasteiger charge is -2.07. The lowest BCUT2D eigenvalue weighted by Crippen LogP contribution is -2.42. The predicted molar refractivity (Wildman–Crippen MR) is 106 cm³/mol. The maximum atomic E-state index is 12.7. The van der Waals surface area contributed by atoms with Crippen LogP contribution in [0.1, 0.15) is 29.8 Å². The third-order valence-corrected chi connectivity index (χ3v) is 4.17. The van der Waals surface area contributed by atoms with E-state index in [4.69, 9.17) is 4.74 Å². The van der Waals surface area contributed by atoms with Gasteiger partial charge in [-0.25, -0.2) is 14.9 Å². The highest BCUT2D eigenvalue weighted by atomic mass is 16.5. The number of para-hydroxylation sites is 1. The number of ether oxygens (including phenoxy) is 1. The number of hydrogen-bond donors (Lipinski definition) is 2. The highest BCUT2D eigenvalue weighted by Crippen LogP contribution is 2.24. The molecule has 3 rings (SSSR count). The van der Waals surface area contributed by atoms with Crippen LogP contribution in [0.2, 0.25) is 0 Å². The molecule has 0 saturated carbocycles. The van der Waals surface area contributed by atoms with Gasteiger partial charge in [0.2, 0.25) is 0 Å². The largest absolute Gasteiger partial charge is 0.449 e. The molecule has 0 spiro atoms. The summed E-state index contributed by atoms with van der Waals surface area (Å²) in [7, 11) is 0. The van der Waals surface area contributed by atoms with Gasteiger partial charge in [0, 0.05) is 11.8 Å². The van der Waals surface area contributed by atoms with Crippen molar-refractivity contribution < 1.29 is 14.3 Å². The van der Waals surface area contributed by atoms with Crippen molar-refractivity contribution in [2.24, 2.45) is 0 Å². The monoisotopic (exact) mass is 378 g/mol. The van der Waals surface area contributed by atoms with Crippen LogP contribution in [0, 0.1) is 0 Å². The van der Waals surface area contributed by atoms with E-state index in [9.17, 15) is 9.59 Å². The average molecular weight is 378 g/mol. The van der Waals surface area contributed by atoms with Gasteiger partial charge >= 0.3 is 6.09 Å². The summed E-state index contributed by atoms with van der Waals surface area (Å²) in [6, 6.07) is 17.4. The molecule has 3 aromatic rings. The quantitative estimate of drug-likeness (QED) is 0.666. The molecule has 7 heteroatoms. The van der Waals surface area contributed by atoms with E-state index >= 15 is 0 Å². The second-order valence-electron chi connectivity index (χ2n) is 6.02. The number of rotatable bonds is 5. The second-order valence-corrected chi connectivity index (χ2v) is 6.02. The summed E-state index contributed by atoms with van der Waals surface area (Å²) in [5.41, 5.74) is 8.29. The van der Waals surface area contributed by atoms with Gasteiger partial charge in [-0.05, 0) is 31.0 Å². The van der Waals surface area contributed by atoms with E-state index in [0.29, 0.717) is 11.3 Å². The van der Waals surface area contributed by atoms with Crippen molar-refractivity contribution in [3.8, 4) is 16.9 Å². The molecule has 0 aliphatic carbocycles. The van der Waals surface area contributed by atoms with Crippen molar-refractivity contribution in [3.63, 3.8) is 0 Å². The van der Waals surface area contributed by atoms with Gasteiger partial charge in [-0.3, -0.25) is 10.2 Å². The van der Waals surface area contributed by atoms with Gasteiger partial charge in [0.1, 0.15) is 5.69 Å². The molecule has 1 aromatic heterocycles. The Balaban J connectivity index is 1.95. The minimum atomic E-state index is -0.722. The van der Waals surface area contributed by atoms with Crippen molar-refractivity contribution >= 4 is 12.0 Å². The highest BCUT2D eigenvalue weighted by Gasteiger charge is 2.19. The first-order chi connectivity index (χ1) is 13.6. The highest BCUT2D eigenvalue weighted by molar-refractivity contribution is 6.00. The van der Waals surface area contributed by atoms with Crippen molar-refractivity contribution in [3.05, 3.63) is 71.9 Å². The zero-order valence-electron chi connectivity index (χ0n) is 15.8. The topological polar surface area (TPSA) is 85.3 Å². The smallest absolute Gasteiger partial charge is 0.426 e. The van der Waals surface area contributed by atoms with Gasteiger partial charge in [0.05, 0.1) is 17.9 Å². The van der Waals surface area contributed by atoms with Crippen molar-refractivity contribution in [2.75, 3.05) is 6.61 Å². The Hall–Kier alpha value is -3.61. The number of amides is 2. The van der Waals surface area contributed by atoms with Crippen LogP contribution in [0.5, 0.6) is 0 Å². The van der Waals surface area contributed by atoms with E-state index in [1.165, 1.54) is 5.56 Å². The van der Waals surface area contributed by atoms with Crippen LogP contribution in [0.4, 0.5) is 4.79 Å². The number of benzene rings is 2. The number of nitrogens with one attached hydrogen (secondary N) is 2.